The Morgan fingerprint density at radius 1 is 1.62 bits per heavy atom. The Labute approximate surface area is 78.7 Å². The SMILES string of the molecule is COC(C)C(C)NCc1ccn[nH]1. The van der Waals surface area contributed by atoms with Crippen LogP contribution in [0.1, 0.15) is 19.5 Å². The lowest BCUT2D eigenvalue weighted by molar-refractivity contribution is 0.0881. The van der Waals surface area contributed by atoms with E-state index in [-0.39, 0.29) is 6.10 Å². The fourth-order valence-corrected chi connectivity index (χ4v) is 1.02. The van der Waals surface area contributed by atoms with Crippen LogP contribution in [0.2, 0.25) is 0 Å². The highest BCUT2D eigenvalue weighted by molar-refractivity contribution is 4.96. The molecule has 2 N–H and O–H groups in total. The van der Waals surface area contributed by atoms with E-state index in [2.05, 4.69) is 22.4 Å². The topological polar surface area (TPSA) is 49.9 Å². The van der Waals surface area contributed by atoms with Crippen LogP contribution < -0.4 is 5.32 Å². The highest BCUT2D eigenvalue weighted by Crippen LogP contribution is 1.98. The number of aromatic nitrogens is 2. The van der Waals surface area contributed by atoms with Crippen molar-refractivity contribution in [3.8, 4) is 0 Å². The van der Waals surface area contributed by atoms with Gasteiger partial charge in [0.15, 0.2) is 0 Å². The van der Waals surface area contributed by atoms with Gasteiger partial charge in [0.2, 0.25) is 0 Å². The monoisotopic (exact) mass is 183 g/mol. The molecule has 2 atom stereocenters. The van der Waals surface area contributed by atoms with Gasteiger partial charge in [-0.05, 0) is 19.9 Å². The molecule has 0 saturated carbocycles. The van der Waals surface area contributed by atoms with Crippen molar-refractivity contribution >= 4 is 0 Å². The van der Waals surface area contributed by atoms with Crippen molar-refractivity contribution in [3.63, 3.8) is 0 Å². The number of hydrogen-bond acceptors (Lipinski definition) is 3. The first kappa shape index (κ1) is 10.2. The molecule has 0 aliphatic rings. The maximum atomic E-state index is 5.19. The van der Waals surface area contributed by atoms with E-state index in [1.165, 1.54) is 0 Å². The van der Waals surface area contributed by atoms with Gasteiger partial charge in [-0.1, -0.05) is 0 Å². The molecule has 1 heterocycles. The van der Waals surface area contributed by atoms with Gasteiger partial charge in [-0.3, -0.25) is 5.10 Å². The lowest BCUT2D eigenvalue weighted by Gasteiger charge is -2.19. The molecule has 0 saturated heterocycles. The Balaban J connectivity index is 2.26. The molecule has 2 unspecified atom stereocenters. The number of hydrogen-bond donors (Lipinski definition) is 2. The first-order valence-corrected chi connectivity index (χ1v) is 4.48. The molecule has 0 spiro atoms. The average Bonchev–Trinajstić information content (AvgIpc) is 2.65. The minimum atomic E-state index is 0.225. The van der Waals surface area contributed by atoms with Gasteiger partial charge in [0, 0.05) is 31.6 Å². The predicted molar refractivity (Wildman–Crippen MR) is 51.4 cm³/mol. The summed E-state index contributed by atoms with van der Waals surface area (Å²) in [5, 5.41) is 10.1. The van der Waals surface area contributed by atoms with Gasteiger partial charge in [0.05, 0.1) is 6.10 Å². The van der Waals surface area contributed by atoms with E-state index in [1.807, 2.05) is 13.0 Å². The molecular formula is C9H17N3O. The van der Waals surface area contributed by atoms with Crippen LogP contribution in [0.15, 0.2) is 12.3 Å². The van der Waals surface area contributed by atoms with E-state index in [0.29, 0.717) is 6.04 Å². The van der Waals surface area contributed by atoms with E-state index in [4.69, 9.17) is 4.74 Å². The van der Waals surface area contributed by atoms with Gasteiger partial charge < -0.3 is 10.1 Å². The summed E-state index contributed by atoms with van der Waals surface area (Å²) in [6.07, 6.45) is 1.98. The van der Waals surface area contributed by atoms with Crippen molar-refractivity contribution < 1.29 is 4.74 Å². The third kappa shape index (κ3) is 3.16. The number of methoxy groups -OCH3 is 1. The molecule has 0 aliphatic heterocycles. The van der Waals surface area contributed by atoms with Crippen LogP contribution in [-0.4, -0.2) is 29.5 Å². The van der Waals surface area contributed by atoms with Crippen molar-refractivity contribution in [2.45, 2.75) is 32.5 Å². The molecule has 13 heavy (non-hydrogen) atoms. The Bertz CT molecular complexity index is 223. The summed E-state index contributed by atoms with van der Waals surface area (Å²) in [7, 11) is 1.72. The van der Waals surface area contributed by atoms with Crippen molar-refractivity contribution in [3.05, 3.63) is 18.0 Å². The zero-order valence-electron chi connectivity index (χ0n) is 8.37. The number of rotatable bonds is 5. The Morgan fingerprint density at radius 2 is 2.38 bits per heavy atom. The Morgan fingerprint density at radius 3 is 2.92 bits per heavy atom. The van der Waals surface area contributed by atoms with Gasteiger partial charge in [0.25, 0.3) is 0 Å². The molecule has 0 radical (unpaired) electrons. The molecule has 4 heteroatoms. The van der Waals surface area contributed by atoms with E-state index in [1.54, 1.807) is 13.3 Å². The number of aromatic amines is 1. The molecule has 0 amide bonds. The second kappa shape index (κ2) is 4.99. The third-order valence-corrected chi connectivity index (χ3v) is 2.25. The summed E-state index contributed by atoms with van der Waals surface area (Å²) in [5.74, 6) is 0. The molecular weight excluding hydrogens is 166 g/mol. The van der Waals surface area contributed by atoms with Crippen molar-refractivity contribution in [2.24, 2.45) is 0 Å². The zero-order chi connectivity index (χ0) is 9.68. The molecule has 1 rings (SSSR count). The van der Waals surface area contributed by atoms with Crippen LogP contribution in [0, 0.1) is 0 Å². The maximum absolute atomic E-state index is 5.19. The summed E-state index contributed by atoms with van der Waals surface area (Å²) >= 11 is 0. The maximum Gasteiger partial charge on any atom is 0.0693 e. The molecule has 0 aliphatic carbocycles. The Hall–Kier alpha value is -0.870. The molecule has 1 aromatic rings. The average molecular weight is 183 g/mol. The molecule has 4 nitrogen and oxygen atoms in total. The minimum Gasteiger partial charge on any atom is -0.380 e. The van der Waals surface area contributed by atoms with Gasteiger partial charge >= 0.3 is 0 Å². The summed E-state index contributed by atoms with van der Waals surface area (Å²) in [6.45, 7) is 4.95. The normalized spacial score (nSPS) is 15.6. The largest absolute Gasteiger partial charge is 0.380 e. The minimum absolute atomic E-state index is 0.225. The molecule has 0 fully saturated rings. The fourth-order valence-electron chi connectivity index (χ4n) is 1.02. The summed E-state index contributed by atoms with van der Waals surface area (Å²) < 4.78 is 5.19. The van der Waals surface area contributed by atoms with Crippen LogP contribution in [0.4, 0.5) is 0 Å². The second-order valence-electron chi connectivity index (χ2n) is 3.19. The van der Waals surface area contributed by atoms with Crippen LogP contribution in [0.3, 0.4) is 0 Å². The standard InChI is InChI=1S/C9H17N3O/c1-7(8(2)13-3)10-6-9-4-5-11-12-9/h4-5,7-8,10H,6H2,1-3H3,(H,11,12). The van der Waals surface area contributed by atoms with Gasteiger partial charge in [-0.2, -0.15) is 5.10 Å². The summed E-state index contributed by atoms with van der Waals surface area (Å²) in [6, 6.07) is 2.30. The highest BCUT2D eigenvalue weighted by atomic mass is 16.5. The third-order valence-electron chi connectivity index (χ3n) is 2.25. The van der Waals surface area contributed by atoms with Gasteiger partial charge in [-0.15, -0.1) is 0 Å². The molecule has 1 aromatic heterocycles. The van der Waals surface area contributed by atoms with Crippen molar-refractivity contribution in [1.82, 2.24) is 15.5 Å². The van der Waals surface area contributed by atoms with Crippen LogP contribution in [-0.2, 0) is 11.3 Å². The smallest absolute Gasteiger partial charge is 0.0693 e. The van der Waals surface area contributed by atoms with E-state index < -0.39 is 0 Å². The van der Waals surface area contributed by atoms with Crippen molar-refractivity contribution in [1.29, 1.82) is 0 Å². The van der Waals surface area contributed by atoms with Crippen LogP contribution in [0.25, 0.3) is 0 Å². The quantitative estimate of drug-likeness (QED) is 0.713. The summed E-state index contributed by atoms with van der Waals surface area (Å²) in [5.41, 5.74) is 1.09. The molecule has 0 aromatic carbocycles. The fraction of sp³-hybridized carbons (Fsp3) is 0.667. The number of nitrogens with zero attached hydrogens (tertiary/aromatic N) is 1. The van der Waals surface area contributed by atoms with Gasteiger partial charge in [-0.25, -0.2) is 0 Å². The first-order chi connectivity index (χ1) is 6.24. The van der Waals surface area contributed by atoms with E-state index in [9.17, 15) is 0 Å². The second-order valence-corrected chi connectivity index (χ2v) is 3.19. The highest BCUT2D eigenvalue weighted by Gasteiger charge is 2.09. The van der Waals surface area contributed by atoms with Crippen LogP contribution >= 0.6 is 0 Å². The van der Waals surface area contributed by atoms with Crippen LogP contribution in [0.5, 0.6) is 0 Å². The molecule has 74 valence electrons. The summed E-state index contributed by atoms with van der Waals surface area (Å²) in [4.78, 5) is 0. The lowest BCUT2D eigenvalue weighted by Crippen LogP contribution is -2.36. The number of nitrogens with one attached hydrogen (secondary N) is 2. The van der Waals surface area contributed by atoms with Gasteiger partial charge in [0.1, 0.15) is 0 Å². The van der Waals surface area contributed by atoms with E-state index in [0.717, 1.165) is 12.2 Å². The lowest BCUT2D eigenvalue weighted by atomic mass is 10.2. The Kier molecular flexibility index (Phi) is 3.92. The van der Waals surface area contributed by atoms with Crippen molar-refractivity contribution in [2.75, 3.05) is 7.11 Å². The first-order valence-electron chi connectivity index (χ1n) is 4.48. The number of H-pyrrole nitrogens is 1. The predicted octanol–water partition coefficient (Wildman–Crippen LogP) is 0.923. The van der Waals surface area contributed by atoms with E-state index >= 15 is 0 Å². The molecule has 0 bridgehead atoms. The zero-order valence-corrected chi connectivity index (χ0v) is 8.37. The number of ether oxygens (including phenoxy) is 1.